The Bertz CT molecular complexity index is 765. The molecule has 2 aromatic rings. The number of fused-ring (bicyclic) bond motifs is 2. The molecule has 2 atom stereocenters. The molecule has 2 unspecified atom stereocenters. The van der Waals surface area contributed by atoms with Gasteiger partial charge in [-0.2, -0.15) is 0 Å². The summed E-state index contributed by atoms with van der Waals surface area (Å²) in [6.07, 6.45) is 7.61. The molecule has 2 bridgehead atoms. The summed E-state index contributed by atoms with van der Waals surface area (Å²) < 4.78 is 5.46. The second kappa shape index (κ2) is 7.05. The summed E-state index contributed by atoms with van der Waals surface area (Å²) in [6.45, 7) is 3.28. The standard InChI is InChI=1S/C23H27NO/c1-17-11-12-22(25-2)15-23(17)19-13-20-9-6-10-21(14-19)24(20)16-18-7-4-3-5-8-18/h3-5,7-8,11-13,15,20-21H,6,9-10,14,16H2,1-2H3. The van der Waals surface area contributed by atoms with Gasteiger partial charge in [0, 0.05) is 18.6 Å². The van der Waals surface area contributed by atoms with Gasteiger partial charge >= 0.3 is 0 Å². The van der Waals surface area contributed by atoms with Crippen LogP contribution in [0.1, 0.15) is 42.4 Å². The number of benzene rings is 2. The Labute approximate surface area is 151 Å². The van der Waals surface area contributed by atoms with E-state index in [-0.39, 0.29) is 0 Å². The van der Waals surface area contributed by atoms with E-state index in [2.05, 4.69) is 66.4 Å². The summed E-state index contributed by atoms with van der Waals surface area (Å²) in [6, 6.07) is 18.6. The first kappa shape index (κ1) is 16.4. The average Bonchev–Trinajstić information content (AvgIpc) is 2.63. The van der Waals surface area contributed by atoms with Crippen molar-refractivity contribution in [3.63, 3.8) is 0 Å². The van der Waals surface area contributed by atoms with E-state index in [0.29, 0.717) is 12.1 Å². The van der Waals surface area contributed by atoms with E-state index in [9.17, 15) is 0 Å². The molecule has 0 N–H and O–H groups in total. The van der Waals surface area contributed by atoms with Gasteiger partial charge in [-0.15, -0.1) is 0 Å². The number of ether oxygens (including phenoxy) is 1. The lowest BCUT2D eigenvalue weighted by atomic mass is 9.81. The number of nitrogens with zero attached hydrogens (tertiary/aromatic N) is 1. The van der Waals surface area contributed by atoms with Crippen molar-refractivity contribution < 1.29 is 4.74 Å². The fourth-order valence-electron chi connectivity index (χ4n) is 4.43. The molecule has 2 aliphatic rings. The molecule has 2 heterocycles. The minimum Gasteiger partial charge on any atom is -0.497 e. The maximum Gasteiger partial charge on any atom is 0.119 e. The van der Waals surface area contributed by atoms with Crippen molar-refractivity contribution in [1.29, 1.82) is 0 Å². The summed E-state index contributed by atoms with van der Waals surface area (Å²) >= 11 is 0. The Kier molecular flexibility index (Phi) is 4.63. The zero-order valence-corrected chi connectivity index (χ0v) is 15.2. The first-order chi connectivity index (χ1) is 12.2. The quantitative estimate of drug-likeness (QED) is 0.761. The van der Waals surface area contributed by atoms with Crippen molar-refractivity contribution in [3.05, 3.63) is 71.3 Å². The zero-order valence-electron chi connectivity index (χ0n) is 15.2. The molecule has 0 saturated carbocycles. The summed E-state index contributed by atoms with van der Waals surface area (Å²) in [5, 5.41) is 0. The summed E-state index contributed by atoms with van der Waals surface area (Å²) in [4.78, 5) is 2.72. The Hall–Kier alpha value is -2.06. The van der Waals surface area contributed by atoms with E-state index in [0.717, 1.165) is 18.7 Å². The van der Waals surface area contributed by atoms with Gasteiger partial charge in [-0.05, 0) is 60.6 Å². The van der Waals surface area contributed by atoms with E-state index >= 15 is 0 Å². The lowest BCUT2D eigenvalue weighted by Crippen LogP contribution is -2.47. The number of hydrogen-bond donors (Lipinski definition) is 0. The molecule has 4 rings (SSSR count). The van der Waals surface area contributed by atoms with E-state index < -0.39 is 0 Å². The lowest BCUT2D eigenvalue weighted by Gasteiger charge is -2.45. The number of piperidine rings is 1. The summed E-state index contributed by atoms with van der Waals surface area (Å²) in [7, 11) is 1.75. The summed E-state index contributed by atoms with van der Waals surface area (Å²) in [5.74, 6) is 0.957. The Morgan fingerprint density at radius 2 is 1.92 bits per heavy atom. The van der Waals surface area contributed by atoms with Crippen molar-refractivity contribution in [1.82, 2.24) is 4.90 Å². The van der Waals surface area contributed by atoms with Crippen LogP contribution < -0.4 is 4.74 Å². The van der Waals surface area contributed by atoms with Crippen LogP contribution in [-0.4, -0.2) is 24.1 Å². The fraction of sp³-hybridized carbons (Fsp3) is 0.391. The van der Waals surface area contributed by atoms with Gasteiger partial charge in [0.15, 0.2) is 0 Å². The molecule has 0 aliphatic carbocycles. The molecule has 1 saturated heterocycles. The van der Waals surface area contributed by atoms with Crippen LogP contribution in [0.2, 0.25) is 0 Å². The van der Waals surface area contributed by atoms with Crippen molar-refractivity contribution in [3.8, 4) is 5.75 Å². The first-order valence-corrected chi connectivity index (χ1v) is 9.40. The second-order valence-electron chi connectivity index (χ2n) is 7.39. The van der Waals surface area contributed by atoms with Gasteiger partial charge in [-0.1, -0.05) is 48.9 Å². The molecule has 1 fully saturated rings. The van der Waals surface area contributed by atoms with Crippen molar-refractivity contribution in [2.45, 2.75) is 51.2 Å². The highest BCUT2D eigenvalue weighted by Gasteiger charge is 2.34. The van der Waals surface area contributed by atoms with Crippen LogP contribution in [0, 0.1) is 6.92 Å². The molecule has 2 aromatic carbocycles. The fourth-order valence-corrected chi connectivity index (χ4v) is 4.43. The van der Waals surface area contributed by atoms with Gasteiger partial charge in [-0.25, -0.2) is 0 Å². The number of methoxy groups -OCH3 is 1. The van der Waals surface area contributed by atoms with Gasteiger partial charge < -0.3 is 4.74 Å². The SMILES string of the molecule is COc1ccc(C)c(C2=CC3CCCC(C2)N3Cc2ccccc2)c1. The Balaban J connectivity index is 1.63. The minimum atomic E-state index is 0.563. The van der Waals surface area contributed by atoms with Gasteiger partial charge in [0.05, 0.1) is 7.11 Å². The average molecular weight is 333 g/mol. The van der Waals surface area contributed by atoms with Gasteiger partial charge in [0.25, 0.3) is 0 Å². The highest BCUT2D eigenvalue weighted by Crippen LogP contribution is 2.39. The maximum atomic E-state index is 5.46. The van der Waals surface area contributed by atoms with Crippen LogP contribution in [-0.2, 0) is 6.54 Å². The summed E-state index contributed by atoms with van der Waals surface area (Å²) in [5.41, 5.74) is 5.65. The third-order valence-corrected chi connectivity index (χ3v) is 5.78. The number of hydrogen-bond acceptors (Lipinski definition) is 2. The van der Waals surface area contributed by atoms with Crippen LogP contribution in [0.3, 0.4) is 0 Å². The monoisotopic (exact) mass is 333 g/mol. The van der Waals surface area contributed by atoms with E-state index in [1.807, 2.05) is 0 Å². The molecule has 0 aromatic heterocycles. The molecule has 0 spiro atoms. The molecular formula is C23H27NO. The largest absolute Gasteiger partial charge is 0.497 e. The highest BCUT2D eigenvalue weighted by molar-refractivity contribution is 5.71. The van der Waals surface area contributed by atoms with Crippen LogP contribution in [0.15, 0.2) is 54.6 Å². The predicted molar refractivity (Wildman–Crippen MR) is 104 cm³/mol. The van der Waals surface area contributed by atoms with Gasteiger partial charge in [0.2, 0.25) is 0 Å². The first-order valence-electron chi connectivity index (χ1n) is 9.40. The van der Waals surface area contributed by atoms with Crippen molar-refractivity contribution in [2.75, 3.05) is 7.11 Å². The van der Waals surface area contributed by atoms with Crippen LogP contribution in [0.25, 0.3) is 5.57 Å². The van der Waals surface area contributed by atoms with Crippen LogP contribution >= 0.6 is 0 Å². The third kappa shape index (κ3) is 3.36. The van der Waals surface area contributed by atoms with E-state index in [4.69, 9.17) is 4.74 Å². The van der Waals surface area contributed by atoms with Crippen molar-refractivity contribution >= 4 is 5.57 Å². The Morgan fingerprint density at radius 3 is 2.68 bits per heavy atom. The maximum absolute atomic E-state index is 5.46. The number of aryl methyl sites for hydroxylation is 1. The van der Waals surface area contributed by atoms with E-state index in [1.165, 1.54) is 41.5 Å². The lowest BCUT2D eigenvalue weighted by molar-refractivity contribution is 0.0951. The predicted octanol–water partition coefficient (Wildman–Crippen LogP) is 5.21. The molecule has 0 amide bonds. The Morgan fingerprint density at radius 1 is 1.08 bits per heavy atom. The number of rotatable bonds is 4. The molecular weight excluding hydrogens is 306 g/mol. The van der Waals surface area contributed by atoms with Crippen LogP contribution in [0.5, 0.6) is 5.75 Å². The zero-order chi connectivity index (χ0) is 17.2. The molecule has 0 radical (unpaired) electrons. The molecule has 2 aliphatic heterocycles. The molecule has 25 heavy (non-hydrogen) atoms. The second-order valence-corrected chi connectivity index (χ2v) is 7.39. The highest BCUT2D eigenvalue weighted by atomic mass is 16.5. The minimum absolute atomic E-state index is 0.563. The van der Waals surface area contributed by atoms with E-state index in [1.54, 1.807) is 7.11 Å². The smallest absolute Gasteiger partial charge is 0.119 e. The topological polar surface area (TPSA) is 12.5 Å². The molecule has 2 heteroatoms. The van der Waals surface area contributed by atoms with Crippen molar-refractivity contribution in [2.24, 2.45) is 0 Å². The van der Waals surface area contributed by atoms with Gasteiger partial charge in [0.1, 0.15) is 5.75 Å². The molecule has 2 nitrogen and oxygen atoms in total. The van der Waals surface area contributed by atoms with Crippen LogP contribution in [0.4, 0.5) is 0 Å². The normalized spacial score (nSPS) is 23.2. The third-order valence-electron chi connectivity index (χ3n) is 5.78. The molecule has 130 valence electrons. The van der Waals surface area contributed by atoms with Gasteiger partial charge in [-0.3, -0.25) is 4.90 Å².